The molecule has 0 atom stereocenters. The Bertz CT molecular complexity index is 240. The van der Waals surface area contributed by atoms with E-state index in [2.05, 4.69) is 9.97 Å². The van der Waals surface area contributed by atoms with Crippen molar-refractivity contribution in [3.05, 3.63) is 18.0 Å². The van der Waals surface area contributed by atoms with Gasteiger partial charge in [0, 0.05) is 18.5 Å². The van der Waals surface area contributed by atoms with E-state index in [0.29, 0.717) is 12.6 Å². The van der Waals surface area contributed by atoms with E-state index in [9.17, 15) is 0 Å². The van der Waals surface area contributed by atoms with Crippen LogP contribution in [0.3, 0.4) is 0 Å². The Morgan fingerprint density at radius 3 is 3.00 bits per heavy atom. The molecule has 0 radical (unpaired) electrons. The minimum Gasteiger partial charge on any atom is -0.436 e. The topological polar surface area (TPSA) is 44.2 Å². The summed E-state index contributed by atoms with van der Waals surface area (Å²) in [5.74, 6) is 0. The van der Waals surface area contributed by atoms with E-state index < -0.39 is 0 Å². The molecule has 12 heavy (non-hydrogen) atoms. The van der Waals surface area contributed by atoms with Crippen LogP contribution in [-0.4, -0.2) is 23.4 Å². The van der Waals surface area contributed by atoms with Crippen molar-refractivity contribution in [1.29, 1.82) is 0 Å². The van der Waals surface area contributed by atoms with Gasteiger partial charge in [0.1, 0.15) is 0 Å². The monoisotopic (exact) mass is 168 g/mol. The summed E-state index contributed by atoms with van der Waals surface area (Å²) in [4.78, 5) is 7.93. The lowest BCUT2D eigenvalue weighted by atomic mass is 10.5. The van der Waals surface area contributed by atoms with Crippen molar-refractivity contribution < 1.29 is 9.47 Å². The lowest BCUT2D eigenvalue weighted by Gasteiger charge is -2.03. The van der Waals surface area contributed by atoms with Gasteiger partial charge in [0.05, 0.1) is 0 Å². The zero-order valence-corrected chi connectivity index (χ0v) is 7.28. The van der Waals surface area contributed by atoms with Crippen molar-refractivity contribution in [2.24, 2.45) is 0 Å². The van der Waals surface area contributed by atoms with E-state index in [0.717, 1.165) is 5.69 Å². The number of ether oxygens (including phenoxy) is 2. The highest BCUT2D eigenvalue weighted by Crippen LogP contribution is 2.00. The van der Waals surface area contributed by atoms with Crippen molar-refractivity contribution in [3.63, 3.8) is 0 Å². The molecule has 0 unspecified atom stereocenters. The van der Waals surface area contributed by atoms with Gasteiger partial charge in [-0.2, -0.15) is 0 Å². The summed E-state index contributed by atoms with van der Waals surface area (Å²) in [6.45, 7) is 4.63. The molecular formula is C8H12N2O2. The molecule has 1 heterocycles. The van der Waals surface area contributed by atoms with Crippen LogP contribution < -0.4 is 4.74 Å². The van der Waals surface area contributed by atoms with Crippen LogP contribution in [0, 0.1) is 6.92 Å². The van der Waals surface area contributed by atoms with Crippen LogP contribution in [0.4, 0.5) is 0 Å². The maximum atomic E-state index is 5.08. The van der Waals surface area contributed by atoms with Crippen LogP contribution in [-0.2, 0) is 4.74 Å². The van der Waals surface area contributed by atoms with E-state index in [-0.39, 0.29) is 6.79 Å². The largest absolute Gasteiger partial charge is 0.436 e. The molecule has 0 aromatic carbocycles. The molecule has 0 N–H and O–H groups in total. The van der Waals surface area contributed by atoms with Crippen LogP contribution in [0.5, 0.6) is 6.01 Å². The fraction of sp³-hybridized carbons (Fsp3) is 0.500. The summed E-state index contributed by atoms with van der Waals surface area (Å²) in [5.41, 5.74) is 0.886. The Hall–Kier alpha value is -1.16. The molecule has 1 rings (SSSR count). The highest BCUT2D eigenvalue weighted by atomic mass is 16.7. The van der Waals surface area contributed by atoms with Crippen molar-refractivity contribution in [3.8, 4) is 6.01 Å². The molecule has 0 aliphatic carbocycles. The molecule has 0 aliphatic heterocycles. The van der Waals surface area contributed by atoms with Crippen molar-refractivity contribution in [2.45, 2.75) is 13.8 Å². The molecule has 0 spiro atoms. The van der Waals surface area contributed by atoms with E-state index in [1.165, 1.54) is 0 Å². The van der Waals surface area contributed by atoms with Crippen molar-refractivity contribution in [2.75, 3.05) is 13.4 Å². The summed E-state index contributed by atoms with van der Waals surface area (Å²) < 4.78 is 10.1. The summed E-state index contributed by atoms with van der Waals surface area (Å²) in [7, 11) is 0. The number of hydrogen-bond donors (Lipinski definition) is 0. The molecule has 0 amide bonds. The molecule has 0 saturated carbocycles. The summed E-state index contributed by atoms with van der Waals surface area (Å²) >= 11 is 0. The fourth-order valence-electron chi connectivity index (χ4n) is 0.673. The Labute approximate surface area is 71.6 Å². The lowest BCUT2D eigenvalue weighted by molar-refractivity contribution is 0.0166. The average Bonchev–Trinajstić information content (AvgIpc) is 2.05. The quantitative estimate of drug-likeness (QED) is 0.500. The first-order valence-electron chi connectivity index (χ1n) is 3.83. The smallest absolute Gasteiger partial charge is 0.318 e. The van der Waals surface area contributed by atoms with Gasteiger partial charge in [-0.15, -0.1) is 0 Å². The molecule has 1 aromatic heterocycles. The van der Waals surface area contributed by atoms with Gasteiger partial charge < -0.3 is 9.47 Å². The third-order valence-corrected chi connectivity index (χ3v) is 1.25. The molecule has 1 aromatic rings. The van der Waals surface area contributed by atoms with Gasteiger partial charge in [0.15, 0.2) is 6.79 Å². The number of rotatable bonds is 4. The second-order valence-corrected chi connectivity index (χ2v) is 2.24. The third-order valence-electron chi connectivity index (χ3n) is 1.25. The molecule has 0 saturated heterocycles. The number of aromatic nitrogens is 2. The van der Waals surface area contributed by atoms with Gasteiger partial charge in [-0.25, -0.2) is 9.97 Å². The second-order valence-electron chi connectivity index (χ2n) is 2.24. The molecule has 0 aliphatic rings. The fourth-order valence-corrected chi connectivity index (χ4v) is 0.673. The van der Waals surface area contributed by atoms with E-state index >= 15 is 0 Å². The zero-order chi connectivity index (χ0) is 8.81. The summed E-state index contributed by atoms with van der Waals surface area (Å²) in [5, 5.41) is 0. The molecule has 4 heteroatoms. The third kappa shape index (κ3) is 2.84. The zero-order valence-electron chi connectivity index (χ0n) is 7.28. The molecular weight excluding hydrogens is 156 g/mol. The van der Waals surface area contributed by atoms with Gasteiger partial charge in [0.2, 0.25) is 0 Å². The average molecular weight is 168 g/mol. The van der Waals surface area contributed by atoms with Gasteiger partial charge in [0.25, 0.3) is 0 Å². The molecule has 4 nitrogen and oxygen atoms in total. The van der Waals surface area contributed by atoms with E-state index in [1.807, 2.05) is 19.9 Å². The molecule has 66 valence electrons. The van der Waals surface area contributed by atoms with Gasteiger partial charge >= 0.3 is 6.01 Å². The Morgan fingerprint density at radius 1 is 1.50 bits per heavy atom. The highest BCUT2D eigenvalue weighted by Gasteiger charge is 1.95. The second kappa shape index (κ2) is 4.66. The summed E-state index contributed by atoms with van der Waals surface area (Å²) in [6.07, 6.45) is 1.66. The maximum absolute atomic E-state index is 5.08. The number of hydrogen-bond acceptors (Lipinski definition) is 4. The molecule has 0 fully saturated rings. The maximum Gasteiger partial charge on any atom is 0.318 e. The van der Waals surface area contributed by atoms with Crippen LogP contribution >= 0.6 is 0 Å². The van der Waals surface area contributed by atoms with E-state index in [1.54, 1.807) is 6.20 Å². The number of nitrogens with zero attached hydrogens (tertiary/aromatic N) is 2. The minimum atomic E-state index is 0.208. The number of aryl methyl sites for hydroxylation is 1. The Balaban J connectivity index is 2.41. The highest BCUT2D eigenvalue weighted by molar-refractivity contribution is 5.02. The predicted octanol–water partition coefficient (Wildman–Crippen LogP) is 1.16. The van der Waals surface area contributed by atoms with Crippen molar-refractivity contribution >= 4 is 0 Å². The standard InChI is InChI=1S/C8H12N2O2/c1-3-11-6-12-8-9-5-4-7(2)10-8/h4-5H,3,6H2,1-2H3. The Morgan fingerprint density at radius 2 is 2.33 bits per heavy atom. The van der Waals surface area contributed by atoms with E-state index in [4.69, 9.17) is 9.47 Å². The first kappa shape index (κ1) is 8.93. The van der Waals surface area contributed by atoms with Crippen molar-refractivity contribution in [1.82, 2.24) is 9.97 Å². The predicted molar refractivity (Wildman–Crippen MR) is 43.9 cm³/mol. The first-order chi connectivity index (χ1) is 5.83. The van der Waals surface area contributed by atoms with Gasteiger partial charge in [-0.05, 0) is 19.9 Å². The molecule has 0 bridgehead atoms. The normalized spacial score (nSPS) is 9.83. The SMILES string of the molecule is CCOCOc1nccc(C)n1. The minimum absolute atomic E-state index is 0.208. The first-order valence-corrected chi connectivity index (χ1v) is 3.83. The van der Waals surface area contributed by atoms with Gasteiger partial charge in [-0.3, -0.25) is 0 Å². The van der Waals surface area contributed by atoms with Crippen LogP contribution in [0.15, 0.2) is 12.3 Å². The lowest BCUT2D eigenvalue weighted by Crippen LogP contribution is -2.04. The summed E-state index contributed by atoms with van der Waals surface area (Å²) in [6, 6.07) is 2.18. The van der Waals surface area contributed by atoms with Crippen LogP contribution in [0.25, 0.3) is 0 Å². The van der Waals surface area contributed by atoms with Crippen LogP contribution in [0.2, 0.25) is 0 Å². The Kier molecular flexibility index (Phi) is 3.47. The van der Waals surface area contributed by atoms with Crippen LogP contribution in [0.1, 0.15) is 12.6 Å². The van der Waals surface area contributed by atoms with Gasteiger partial charge in [-0.1, -0.05) is 0 Å².